The van der Waals surface area contributed by atoms with Gasteiger partial charge in [-0.15, -0.1) is 0 Å². The van der Waals surface area contributed by atoms with E-state index in [0.717, 1.165) is 60.8 Å². The Morgan fingerprint density at radius 3 is 2.49 bits per heavy atom. The summed E-state index contributed by atoms with van der Waals surface area (Å²) in [6.45, 7) is 5.76. The van der Waals surface area contributed by atoms with Crippen LogP contribution in [0.4, 0.5) is 13.2 Å². The average Bonchev–Trinajstić information content (AvgIpc) is 3.01. The standard InChI is InChI=1S/C33H40F3N3O4/c1-42-26-6-7-30-28(20-26)27(24(21-37-30)22-39-14-16-43-17-15-39)5-2-8-33(32(40)41)9-12-38(13-10-33)11-3-4-23-18-25(34)19-29(35)31(23)36/h6-7,18-21H,2-5,8-17,22H2,1H3,(H,40,41). The van der Waals surface area contributed by atoms with Gasteiger partial charge in [0.25, 0.3) is 0 Å². The molecule has 2 aliphatic rings. The summed E-state index contributed by atoms with van der Waals surface area (Å²) in [5.74, 6) is -2.96. The van der Waals surface area contributed by atoms with Gasteiger partial charge in [-0.3, -0.25) is 14.7 Å². The first-order valence-corrected chi connectivity index (χ1v) is 15.1. The van der Waals surface area contributed by atoms with E-state index < -0.39 is 28.8 Å². The average molecular weight is 600 g/mol. The number of carbonyl (C=O) groups is 1. The number of aryl methyl sites for hydroxylation is 2. The van der Waals surface area contributed by atoms with Crippen LogP contribution in [-0.4, -0.2) is 78.9 Å². The molecule has 0 radical (unpaired) electrons. The molecule has 7 nitrogen and oxygen atoms in total. The Bertz CT molecular complexity index is 1420. The maximum absolute atomic E-state index is 14.0. The van der Waals surface area contributed by atoms with Crippen LogP contribution in [0.5, 0.6) is 5.75 Å². The van der Waals surface area contributed by atoms with E-state index in [2.05, 4.69) is 9.80 Å². The van der Waals surface area contributed by atoms with Gasteiger partial charge in [0.15, 0.2) is 11.6 Å². The number of nitrogens with zero attached hydrogens (tertiary/aromatic N) is 3. The summed E-state index contributed by atoms with van der Waals surface area (Å²) in [6.07, 6.45) is 5.78. The number of ether oxygens (including phenoxy) is 2. The highest BCUT2D eigenvalue weighted by Gasteiger charge is 2.40. The Labute approximate surface area is 250 Å². The van der Waals surface area contributed by atoms with Crippen LogP contribution < -0.4 is 4.74 Å². The number of rotatable bonds is 12. The zero-order valence-corrected chi connectivity index (χ0v) is 24.7. The van der Waals surface area contributed by atoms with Crippen LogP contribution in [0, 0.1) is 22.9 Å². The molecule has 2 aliphatic heterocycles. The minimum Gasteiger partial charge on any atom is -0.497 e. The molecule has 2 saturated heterocycles. The molecule has 3 aromatic rings. The highest BCUT2D eigenvalue weighted by Crippen LogP contribution is 2.38. The maximum atomic E-state index is 14.0. The van der Waals surface area contributed by atoms with E-state index in [0.29, 0.717) is 64.6 Å². The van der Waals surface area contributed by atoms with E-state index in [9.17, 15) is 23.1 Å². The van der Waals surface area contributed by atoms with Gasteiger partial charge in [-0.1, -0.05) is 0 Å². The molecule has 1 aromatic heterocycles. The van der Waals surface area contributed by atoms with E-state index in [4.69, 9.17) is 14.5 Å². The molecule has 232 valence electrons. The topological polar surface area (TPSA) is 75.1 Å². The number of carboxylic acids is 1. The first kappa shape index (κ1) is 31.2. The fraction of sp³-hybridized carbons (Fsp3) is 0.515. The molecule has 0 atom stereocenters. The Morgan fingerprint density at radius 1 is 1.00 bits per heavy atom. The Balaban J connectivity index is 1.22. The highest BCUT2D eigenvalue weighted by atomic mass is 19.2. The first-order chi connectivity index (χ1) is 20.8. The van der Waals surface area contributed by atoms with Gasteiger partial charge in [-0.25, -0.2) is 13.2 Å². The van der Waals surface area contributed by atoms with Gasteiger partial charge in [0.1, 0.15) is 11.6 Å². The summed E-state index contributed by atoms with van der Waals surface area (Å²) in [5, 5.41) is 11.4. The van der Waals surface area contributed by atoms with Crippen LogP contribution in [0.25, 0.3) is 10.9 Å². The fourth-order valence-corrected chi connectivity index (χ4v) is 6.49. The summed E-state index contributed by atoms with van der Waals surface area (Å²) in [6, 6.07) is 7.48. The molecule has 0 aliphatic carbocycles. The molecule has 43 heavy (non-hydrogen) atoms. The number of hydrogen-bond acceptors (Lipinski definition) is 6. The number of likely N-dealkylation sites (tertiary alicyclic amines) is 1. The van der Waals surface area contributed by atoms with Crippen LogP contribution in [0.15, 0.2) is 36.5 Å². The lowest BCUT2D eigenvalue weighted by atomic mass is 9.74. The maximum Gasteiger partial charge on any atom is 0.309 e. The van der Waals surface area contributed by atoms with E-state index in [-0.39, 0.29) is 12.0 Å². The normalized spacial score (nSPS) is 17.8. The number of benzene rings is 2. The van der Waals surface area contributed by atoms with Crippen molar-refractivity contribution in [3.8, 4) is 5.75 Å². The van der Waals surface area contributed by atoms with E-state index in [1.54, 1.807) is 7.11 Å². The monoisotopic (exact) mass is 599 g/mol. The molecule has 0 amide bonds. The van der Waals surface area contributed by atoms with Crippen molar-refractivity contribution in [2.24, 2.45) is 5.41 Å². The Morgan fingerprint density at radius 2 is 1.77 bits per heavy atom. The fourth-order valence-electron chi connectivity index (χ4n) is 6.49. The molecule has 1 N–H and O–H groups in total. The number of morpholine rings is 1. The lowest BCUT2D eigenvalue weighted by Gasteiger charge is -2.39. The van der Waals surface area contributed by atoms with Gasteiger partial charge in [-0.2, -0.15) is 0 Å². The third-order valence-corrected chi connectivity index (χ3v) is 9.11. The van der Waals surface area contributed by atoms with Crippen molar-refractivity contribution < 1.29 is 32.5 Å². The molecule has 10 heteroatoms. The predicted octanol–water partition coefficient (Wildman–Crippen LogP) is 5.62. The molecular weight excluding hydrogens is 559 g/mol. The molecular formula is C33H40F3N3O4. The van der Waals surface area contributed by atoms with Crippen molar-refractivity contribution in [2.75, 3.05) is 53.0 Å². The summed E-state index contributed by atoms with van der Waals surface area (Å²) >= 11 is 0. The van der Waals surface area contributed by atoms with Crippen molar-refractivity contribution in [2.45, 2.75) is 51.5 Å². The van der Waals surface area contributed by atoms with Gasteiger partial charge >= 0.3 is 5.97 Å². The second kappa shape index (κ2) is 14.1. The number of hydrogen-bond donors (Lipinski definition) is 1. The van der Waals surface area contributed by atoms with E-state index >= 15 is 0 Å². The van der Waals surface area contributed by atoms with Crippen LogP contribution in [0.1, 0.15) is 48.8 Å². The third kappa shape index (κ3) is 7.48. The van der Waals surface area contributed by atoms with Crippen molar-refractivity contribution in [1.29, 1.82) is 0 Å². The van der Waals surface area contributed by atoms with Crippen molar-refractivity contribution in [3.63, 3.8) is 0 Å². The summed E-state index contributed by atoms with van der Waals surface area (Å²) in [7, 11) is 1.65. The summed E-state index contributed by atoms with van der Waals surface area (Å²) in [5.41, 5.74) is 2.46. The molecule has 0 spiro atoms. The molecule has 0 saturated carbocycles. The molecule has 3 heterocycles. The van der Waals surface area contributed by atoms with Gasteiger partial charge in [-0.05, 0) is 106 Å². The number of halogens is 3. The van der Waals surface area contributed by atoms with Crippen LogP contribution >= 0.6 is 0 Å². The van der Waals surface area contributed by atoms with E-state index in [1.165, 1.54) is 5.56 Å². The smallest absolute Gasteiger partial charge is 0.309 e. The number of methoxy groups -OCH3 is 1. The number of fused-ring (bicyclic) bond motifs is 1. The lowest BCUT2D eigenvalue weighted by Crippen LogP contribution is -2.44. The number of pyridine rings is 1. The van der Waals surface area contributed by atoms with Gasteiger partial charge in [0.05, 0.1) is 31.3 Å². The highest BCUT2D eigenvalue weighted by molar-refractivity contribution is 5.84. The minimum atomic E-state index is -1.17. The second-order valence-corrected chi connectivity index (χ2v) is 11.8. The SMILES string of the molecule is COc1ccc2ncc(CN3CCOCC3)c(CCCC3(C(=O)O)CCN(CCCc4cc(F)cc(F)c4F)CC3)c2c1. The zero-order valence-electron chi connectivity index (χ0n) is 24.7. The van der Waals surface area contributed by atoms with Crippen molar-refractivity contribution in [1.82, 2.24) is 14.8 Å². The first-order valence-electron chi connectivity index (χ1n) is 15.1. The van der Waals surface area contributed by atoms with Gasteiger partial charge in [0.2, 0.25) is 0 Å². The van der Waals surface area contributed by atoms with Crippen molar-refractivity contribution in [3.05, 3.63) is 70.7 Å². The minimum absolute atomic E-state index is 0.0311. The molecule has 2 fully saturated rings. The number of carboxylic acid groups (broad SMARTS) is 1. The second-order valence-electron chi connectivity index (χ2n) is 11.8. The quantitative estimate of drug-likeness (QED) is 0.271. The predicted molar refractivity (Wildman–Crippen MR) is 158 cm³/mol. The Kier molecular flexibility index (Phi) is 10.2. The molecule has 0 unspecified atom stereocenters. The number of aromatic nitrogens is 1. The molecule has 2 aromatic carbocycles. The third-order valence-electron chi connectivity index (χ3n) is 9.11. The number of aliphatic carboxylic acids is 1. The van der Waals surface area contributed by atoms with Crippen LogP contribution in [0.3, 0.4) is 0 Å². The molecule has 5 rings (SSSR count). The largest absolute Gasteiger partial charge is 0.497 e. The Hall–Kier alpha value is -3.21. The van der Waals surface area contributed by atoms with Crippen LogP contribution in [0.2, 0.25) is 0 Å². The lowest BCUT2D eigenvalue weighted by molar-refractivity contribution is -0.152. The van der Waals surface area contributed by atoms with E-state index in [1.807, 2.05) is 24.4 Å². The van der Waals surface area contributed by atoms with Crippen molar-refractivity contribution >= 4 is 16.9 Å². The molecule has 0 bridgehead atoms. The summed E-state index contributed by atoms with van der Waals surface area (Å²) < 4.78 is 52.1. The van der Waals surface area contributed by atoms with Gasteiger partial charge in [0, 0.05) is 37.3 Å². The summed E-state index contributed by atoms with van der Waals surface area (Å²) in [4.78, 5) is 21.8. The van der Waals surface area contributed by atoms with Crippen LogP contribution in [-0.2, 0) is 28.9 Å². The zero-order chi connectivity index (χ0) is 30.4. The van der Waals surface area contributed by atoms with Gasteiger partial charge < -0.3 is 19.5 Å². The number of piperidine rings is 1.